The van der Waals surface area contributed by atoms with E-state index in [2.05, 4.69) is 59.2 Å². The van der Waals surface area contributed by atoms with Gasteiger partial charge in [-0.3, -0.25) is 0 Å². The molecule has 0 amide bonds. The number of hydrogen-bond acceptors (Lipinski definition) is 4. The van der Waals surface area contributed by atoms with Crippen LogP contribution in [0, 0.1) is 0 Å². The maximum atomic E-state index is 6.01. The number of rotatable bonds is 0. The number of hydrogen-bond donors (Lipinski definition) is 2. The predicted molar refractivity (Wildman–Crippen MR) is 169 cm³/mol. The molecule has 2 N–H and O–H groups in total. The van der Waals surface area contributed by atoms with E-state index in [1.165, 1.54) is 101 Å². The fraction of sp³-hybridized carbons (Fsp3) is 0.667. The maximum absolute atomic E-state index is 6.01. The van der Waals surface area contributed by atoms with E-state index in [1.807, 2.05) is 0 Å². The molecule has 1 aliphatic carbocycles. The van der Waals surface area contributed by atoms with Gasteiger partial charge in [0.25, 0.3) is 0 Å². The molecule has 40 heavy (non-hydrogen) atoms. The van der Waals surface area contributed by atoms with Gasteiger partial charge in [-0.25, -0.2) is 0 Å². The molecular formula is C36H56N2O2. The van der Waals surface area contributed by atoms with Gasteiger partial charge in [0.2, 0.25) is 0 Å². The third kappa shape index (κ3) is 12.2. The summed E-state index contributed by atoms with van der Waals surface area (Å²) in [6, 6.07) is 18.9. The van der Waals surface area contributed by atoms with Crippen LogP contribution in [0.2, 0.25) is 0 Å². The second kappa shape index (κ2) is 19.1. The standard InChI is InChI=1S/C36H56N2O2/c1-2-4-6-8-12-30-40-34-25-21-32(22-26-34)16-14-28-38-36-18-10-9-17-35(36)37-27-13-15-31-19-23-33(24-20-31)39-29-11-7-5-3-1/h19-26,35-38H,1-18,27-30H2/t35-,36-/m1/s1. The molecule has 222 valence electrons. The minimum atomic E-state index is 0.606. The molecule has 5 aliphatic rings. The normalized spacial score (nSPS) is 24.0. The fourth-order valence-corrected chi connectivity index (χ4v) is 6.28. The molecule has 2 aromatic carbocycles. The van der Waals surface area contributed by atoms with Gasteiger partial charge in [-0.05, 0) is 99.8 Å². The molecule has 4 bridgehead atoms. The number of aryl methyl sites for hydroxylation is 2. The second-order valence-electron chi connectivity index (χ2n) is 12.1. The molecule has 4 aliphatic heterocycles. The first-order valence-electron chi connectivity index (χ1n) is 16.8. The Labute approximate surface area is 245 Å². The first-order valence-corrected chi connectivity index (χ1v) is 16.8. The van der Waals surface area contributed by atoms with Gasteiger partial charge in [0, 0.05) is 12.1 Å². The minimum absolute atomic E-state index is 0.606. The number of benzene rings is 2. The van der Waals surface area contributed by atoms with Crippen LogP contribution in [0.1, 0.15) is 114 Å². The lowest BCUT2D eigenvalue weighted by Gasteiger charge is -2.33. The Hall–Kier alpha value is -2.04. The van der Waals surface area contributed by atoms with Gasteiger partial charge in [0.1, 0.15) is 11.5 Å². The zero-order valence-electron chi connectivity index (χ0n) is 25.1. The first kappa shape index (κ1) is 30.9. The Morgan fingerprint density at radius 3 is 1.20 bits per heavy atom. The molecule has 2 atom stereocenters. The van der Waals surface area contributed by atoms with Crippen molar-refractivity contribution < 1.29 is 9.47 Å². The van der Waals surface area contributed by atoms with Gasteiger partial charge in [-0.1, -0.05) is 88.5 Å². The third-order valence-corrected chi connectivity index (χ3v) is 8.79. The van der Waals surface area contributed by atoms with Crippen LogP contribution in [0.3, 0.4) is 0 Å². The van der Waals surface area contributed by atoms with Crippen molar-refractivity contribution in [2.24, 2.45) is 0 Å². The molecule has 0 saturated heterocycles. The van der Waals surface area contributed by atoms with E-state index < -0.39 is 0 Å². The van der Waals surface area contributed by atoms with Crippen LogP contribution in [0.15, 0.2) is 48.5 Å². The van der Waals surface area contributed by atoms with Crippen molar-refractivity contribution >= 4 is 0 Å². The van der Waals surface area contributed by atoms with Crippen LogP contribution in [0.5, 0.6) is 11.5 Å². The number of nitrogens with one attached hydrogen (secondary N) is 2. The van der Waals surface area contributed by atoms with E-state index >= 15 is 0 Å². The predicted octanol–water partition coefficient (Wildman–Crippen LogP) is 8.41. The summed E-state index contributed by atoms with van der Waals surface area (Å²) in [5.41, 5.74) is 2.83. The monoisotopic (exact) mass is 548 g/mol. The second-order valence-corrected chi connectivity index (χ2v) is 12.1. The van der Waals surface area contributed by atoms with Crippen molar-refractivity contribution in [1.82, 2.24) is 10.6 Å². The zero-order chi connectivity index (χ0) is 27.5. The molecular weight excluding hydrogens is 492 g/mol. The van der Waals surface area contributed by atoms with Crippen molar-refractivity contribution in [2.45, 2.75) is 128 Å². The van der Waals surface area contributed by atoms with Gasteiger partial charge in [-0.15, -0.1) is 0 Å². The van der Waals surface area contributed by atoms with Gasteiger partial charge >= 0.3 is 0 Å². The Morgan fingerprint density at radius 1 is 0.425 bits per heavy atom. The summed E-state index contributed by atoms with van der Waals surface area (Å²) in [6.45, 7) is 3.86. The van der Waals surface area contributed by atoms with Crippen LogP contribution >= 0.6 is 0 Å². The summed E-state index contributed by atoms with van der Waals surface area (Å²) in [5.74, 6) is 2.04. The first-order chi connectivity index (χ1) is 19.9. The molecule has 0 unspecified atom stereocenters. The molecule has 0 spiro atoms. The Bertz CT molecular complexity index is 823. The molecule has 1 fully saturated rings. The van der Waals surface area contributed by atoms with Crippen LogP contribution in [-0.2, 0) is 12.8 Å². The smallest absolute Gasteiger partial charge is 0.119 e. The van der Waals surface area contributed by atoms with Gasteiger partial charge in [0.15, 0.2) is 0 Å². The highest BCUT2D eigenvalue weighted by Crippen LogP contribution is 2.20. The van der Waals surface area contributed by atoms with Crippen molar-refractivity contribution in [3.8, 4) is 11.5 Å². The fourth-order valence-electron chi connectivity index (χ4n) is 6.28. The minimum Gasteiger partial charge on any atom is -0.494 e. The van der Waals surface area contributed by atoms with Gasteiger partial charge < -0.3 is 20.1 Å². The SMILES string of the molecule is c1cc2ccc1CCCN[C@@H]1CCCC[C@H]1NCCCc1ccc(cc1)OCCCCCCCCCCCCO2. The summed E-state index contributed by atoms with van der Waals surface area (Å²) in [4.78, 5) is 0. The maximum Gasteiger partial charge on any atom is 0.119 e. The highest BCUT2D eigenvalue weighted by atomic mass is 16.5. The quantitative estimate of drug-likeness (QED) is 0.347. The average molecular weight is 549 g/mol. The molecule has 0 aromatic heterocycles. The highest BCUT2D eigenvalue weighted by molar-refractivity contribution is 5.28. The van der Waals surface area contributed by atoms with Crippen molar-refractivity contribution in [3.63, 3.8) is 0 Å². The van der Waals surface area contributed by atoms with E-state index in [1.54, 1.807) is 0 Å². The van der Waals surface area contributed by atoms with E-state index in [-0.39, 0.29) is 0 Å². The molecule has 4 heteroatoms. The summed E-state index contributed by atoms with van der Waals surface area (Å²) in [7, 11) is 0. The highest BCUT2D eigenvalue weighted by Gasteiger charge is 2.23. The summed E-state index contributed by atoms with van der Waals surface area (Å²) in [6.07, 6.45) is 22.9. The van der Waals surface area contributed by atoms with Crippen molar-refractivity contribution in [3.05, 3.63) is 59.7 Å². The van der Waals surface area contributed by atoms with E-state index in [0.717, 1.165) is 63.5 Å². The van der Waals surface area contributed by atoms with Crippen LogP contribution < -0.4 is 20.1 Å². The zero-order valence-corrected chi connectivity index (χ0v) is 25.1. The van der Waals surface area contributed by atoms with Gasteiger partial charge in [0.05, 0.1) is 13.2 Å². The summed E-state index contributed by atoms with van der Waals surface area (Å²) < 4.78 is 12.0. The Morgan fingerprint density at radius 2 is 0.800 bits per heavy atom. The summed E-state index contributed by atoms with van der Waals surface area (Å²) in [5, 5.41) is 7.79. The van der Waals surface area contributed by atoms with E-state index in [0.29, 0.717) is 12.1 Å². The van der Waals surface area contributed by atoms with Crippen LogP contribution in [0.4, 0.5) is 0 Å². The van der Waals surface area contributed by atoms with E-state index in [9.17, 15) is 0 Å². The molecule has 4 nitrogen and oxygen atoms in total. The molecule has 1 saturated carbocycles. The molecule has 7 rings (SSSR count). The number of ether oxygens (including phenoxy) is 2. The molecule has 0 radical (unpaired) electrons. The average Bonchev–Trinajstić information content (AvgIpc) is 2.99. The van der Waals surface area contributed by atoms with Crippen LogP contribution in [0.25, 0.3) is 0 Å². The van der Waals surface area contributed by atoms with Crippen molar-refractivity contribution in [1.29, 1.82) is 0 Å². The van der Waals surface area contributed by atoms with E-state index in [4.69, 9.17) is 9.47 Å². The van der Waals surface area contributed by atoms with Crippen molar-refractivity contribution in [2.75, 3.05) is 26.3 Å². The lowest BCUT2D eigenvalue weighted by Crippen LogP contribution is -2.50. The lowest BCUT2D eigenvalue weighted by atomic mass is 9.90. The molecule has 4 heterocycles. The molecule has 2 aromatic rings. The third-order valence-electron chi connectivity index (χ3n) is 8.79. The topological polar surface area (TPSA) is 42.5 Å². The van der Waals surface area contributed by atoms with Gasteiger partial charge in [-0.2, -0.15) is 0 Å². The Kier molecular flexibility index (Phi) is 14.8. The lowest BCUT2D eigenvalue weighted by molar-refractivity contribution is 0.283. The van der Waals surface area contributed by atoms with Crippen LogP contribution in [-0.4, -0.2) is 38.4 Å². The Balaban J connectivity index is 1.22. The summed E-state index contributed by atoms with van der Waals surface area (Å²) >= 11 is 0. The largest absolute Gasteiger partial charge is 0.494 e.